The van der Waals surface area contributed by atoms with Gasteiger partial charge >= 0.3 is 0 Å². The molecule has 0 fully saturated rings. The van der Waals surface area contributed by atoms with Gasteiger partial charge in [0.05, 0.1) is 5.52 Å². The third-order valence-corrected chi connectivity index (χ3v) is 5.27. The quantitative estimate of drug-likeness (QED) is 0.351. The molecule has 0 atom stereocenters. The number of hydrogen-bond donors (Lipinski definition) is 3. The fraction of sp³-hybridized carbons (Fsp3) is 0.0870. The smallest absolute Gasteiger partial charge is 0.251 e. The zero-order valence-corrected chi connectivity index (χ0v) is 17.6. The number of para-hydroxylation sites is 1. The van der Waals surface area contributed by atoms with Crippen LogP contribution in [0, 0.1) is 4.77 Å². The van der Waals surface area contributed by atoms with Gasteiger partial charge in [-0.05, 0) is 53.7 Å². The van der Waals surface area contributed by atoms with Crippen molar-refractivity contribution < 1.29 is 4.79 Å². The number of amides is 1. The van der Waals surface area contributed by atoms with Gasteiger partial charge in [-0.15, -0.1) is 0 Å². The molecule has 1 heterocycles. The van der Waals surface area contributed by atoms with E-state index in [0.717, 1.165) is 27.8 Å². The van der Waals surface area contributed by atoms with Gasteiger partial charge in [0.15, 0.2) is 4.77 Å². The monoisotopic (exact) mass is 434 g/mol. The standard InChI is InChI=1S/C23H19ClN4OS/c24-19-7-3-1-5-17(19)14-26-22(29)16-11-9-15(10-12-16)13-25-21-18-6-2-4-8-20(18)27-23(30)28-21/h1-12H,13-14H2,(H,26,29)(H2,25,27,28,30). The summed E-state index contributed by atoms with van der Waals surface area (Å²) in [5.74, 6) is 0.590. The second-order valence-electron chi connectivity index (χ2n) is 6.76. The summed E-state index contributed by atoms with van der Waals surface area (Å²) in [5, 5.41) is 7.84. The van der Waals surface area contributed by atoms with E-state index in [9.17, 15) is 4.79 Å². The number of benzene rings is 3. The van der Waals surface area contributed by atoms with Crippen molar-refractivity contribution in [3.8, 4) is 0 Å². The summed E-state index contributed by atoms with van der Waals surface area (Å²) in [4.78, 5) is 19.9. The molecule has 0 aliphatic carbocycles. The summed E-state index contributed by atoms with van der Waals surface area (Å²) in [7, 11) is 0. The Morgan fingerprint density at radius 3 is 2.50 bits per heavy atom. The molecule has 0 aliphatic heterocycles. The molecule has 0 radical (unpaired) electrons. The Morgan fingerprint density at radius 2 is 1.70 bits per heavy atom. The fourth-order valence-corrected chi connectivity index (χ4v) is 3.52. The highest BCUT2D eigenvalue weighted by molar-refractivity contribution is 7.71. The molecule has 1 aromatic heterocycles. The molecule has 4 rings (SSSR count). The van der Waals surface area contributed by atoms with Gasteiger partial charge in [0, 0.05) is 29.1 Å². The number of aromatic nitrogens is 2. The van der Waals surface area contributed by atoms with Crippen LogP contribution in [0.4, 0.5) is 5.82 Å². The zero-order valence-electron chi connectivity index (χ0n) is 16.0. The summed E-state index contributed by atoms with van der Waals surface area (Å²) in [6, 6.07) is 22.8. The molecule has 30 heavy (non-hydrogen) atoms. The van der Waals surface area contributed by atoms with Gasteiger partial charge in [0.25, 0.3) is 5.91 Å². The van der Waals surface area contributed by atoms with E-state index in [1.54, 1.807) is 0 Å². The minimum Gasteiger partial charge on any atom is -0.365 e. The van der Waals surface area contributed by atoms with E-state index in [0.29, 0.717) is 28.4 Å². The first kappa shape index (κ1) is 20.1. The van der Waals surface area contributed by atoms with E-state index in [1.165, 1.54) is 0 Å². The first-order valence-corrected chi connectivity index (χ1v) is 10.2. The Bertz CT molecular complexity index is 1250. The van der Waals surface area contributed by atoms with Gasteiger partial charge in [0.1, 0.15) is 5.82 Å². The molecule has 0 saturated heterocycles. The number of carbonyl (C=O) groups is 1. The van der Waals surface area contributed by atoms with Crippen LogP contribution in [-0.4, -0.2) is 15.9 Å². The molecular weight excluding hydrogens is 416 g/mol. The van der Waals surface area contributed by atoms with Crippen LogP contribution in [0.5, 0.6) is 0 Å². The lowest BCUT2D eigenvalue weighted by atomic mass is 10.1. The fourth-order valence-electron chi connectivity index (χ4n) is 3.12. The molecule has 0 unspecified atom stereocenters. The van der Waals surface area contributed by atoms with E-state index in [2.05, 4.69) is 20.6 Å². The lowest BCUT2D eigenvalue weighted by molar-refractivity contribution is 0.0951. The minimum atomic E-state index is -0.142. The molecule has 150 valence electrons. The van der Waals surface area contributed by atoms with Crippen LogP contribution in [0.25, 0.3) is 10.9 Å². The third kappa shape index (κ3) is 4.67. The Kier molecular flexibility index (Phi) is 6.07. The molecule has 3 aromatic carbocycles. The molecule has 5 nitrogen and oxygen atoms in total. The summed E-state index contributed by atoms with van der Waals surface area (Å²) in [6.45, 7) is 0.951. The molecule has 1 amide bonds. The van der Waals surface area contributed by atoms with E-state index in [-0.39, 0.29) is 5.91 Å². The lowest BCUT2D eigenvalue weighted by Crippen LogP contribution is -2.22. The van der Waals surface area contributed by atoms with Crippen molar-refractivity contribution in [1.29, 1.82) is 0 Å². The Balaban J connectivity index is 1.40. The van der Waals surface area contributed by atoms with Crippen molar-refractivity contribution in [2.75, 3.05) is 5.32 Å². The van der Waals surface area contributed by atoms with Crippen molar-refractivity contribution in [3.05, 3.63) is 99.3 Å². The van der Waals surface area contributed by atoms with E-state index >= 15 is 0 Å². The first-order valence-electron chi connectivity index (χ1n) is 9.43. The Labute approximate surface area is 184 Å². The molecule has 0 bridgehead atoms. The second kappa shape index (κ2) is 9.07. The number of aromatic amines is 1. The number of H-pyrrole nitrogens is 1. The summed E-state index contributed by atoms with van der Waals surface area (Å²) < 4.78 is 0.432. The number of hydrogen-bond acceptors (Lipinski definition) is 4. The first-order chi connectivity index (χ1) is 14.6. The van der Waals surface area contributed by atoms with Crippen LogP contribution >= 0.6 is 23.8 Å². The van der Waals surface area contributed by atoms with Gasteiger partial charge in [-0.2, -0.15) is 0 Å². The van der Waals surface area contributed by atoms with Crippen molar-refractivity contribution in [3.63, 3.8) is 0 Å². The average Bonchev–Trinajstić information content (AvgIpc) is 2.77. The number of rotatable bonds is 6. The predicted molar refractivity (Wildman–Crippen MR) is 123 cm³/mol. The van der Waals surface area contributed by atoms with E-state index in [4.69, 9.17) is 23.8 Å². The SMILES string of the molecule is O=C(NCc1ccccc1Cl)c1ccc(CNc2nc(=S)[nH]c3ccccc23)cc1. The highest BCUT2D eigenvalue weighted by Gasteiger charge is 2.08. The number of nitrogens with one attached hydrogen (secondary N) is 3. The van der Waals surface area contributed by atoms with Gasteiger partial charge < -0.3 is 15.6 Å². The third-order valence-electron chi connectivity index (χ3n) is 4.71. The van der Waals surface area contributed by atoms with Gasteiger partial charge in [-0.25, -0.2) is 4.98 Å². The van der Waals surface area contributed by atoms with Crippen LogP contribution < -0.4 is 10.6 Å². The van der Waals surface area contributed by atoms with Gasteiger partial charge in [-0.1, -0.05) is 54.1 Å². The Hall–Kier alpha value is -3.22. The van der Waals surface area contributed by atoms with Crippen LogP contribution in [0.1, 0.15) is 21.5 Å². The van der Waals surface area contributed by atoms with E-state index < -0.39 is 0 Å². The van der Waals surface area contributed by atoms with Crippen LogP contribution in [-0.2, 0) is 13.1 Å². The Morgan fingerprint density at radius 1 is 0.967 bits per heavy atom. The molecule has 0 spiro atoms. The van der Waals surface area contributed by atoms with Gasteiger partial charge in [0.2, 0.25) is 0 Å². The predicted octanol–water partition coefficient (Wildman–Crippen LogP) is 5.49. The minimum absolute atomic E-state index is 0.142. The molecule has 3 N–H and O–H groups in total. The summed E-state index contributed by atoms with van der Waals surface area (Å²) in [6.07, 6.45) is 0. The molecular formula is C23H19ClN4OS. The second-order valence-corrected chi connectivity index (χ2v) is 7.55. The maximum Gasteiger partial charge on any atom is 0.251 e. The topological polar surface area (TPSA) is 69.8 Å². The largest absolute Gasteiger partial charge is 0.365 e. The average molecular weight is 435 g/mol. The van der Waals surface area contributed by atoms with Crippen LogP contribution in [0.3, 0.4) is 0 Å². The normalized spacial score (nSPS) is 10.7. The summed E-state index contributed by atoms with van der Waals surface area (Å²) in [5.41, 5.74) is 3.44. The van der Waals surface area contributed by atoms with Crippen LogP contribution in [0.15, 0.2) is 72.8 Å². The van der Waals surface area contributed by atoms with Crippen molar-refractivity contribution >= 4 is 46.4 Å². The van der Waals surface area contributed by atoms with E-state index in [1.807, 2.05) is 72.8 Å². The molecule has 0 saturated carbocycles. The maximum absolute atomic E-state index is 12.4. The number of anilines is 1. The molecule has 0 aliphatic rings. The highest BCUT2D eigenvalue weighted by Crippen LogP contribution is 2.20. The van der Waals surface area contributed by atoms with Crippen molar-refractivity contribution in [2.24, 2.45) is 0 Å². The number of carbonyl (C=O) groups excluding carboxylic acids is 1. The molecule has 7 heteroatoms. The number of halogens is 1. The maximum atomic E-state index is 12.4. The van der Waals surface area contributed by atoms with Crippen LogP contribution in [0.2, 0.25) is 5.02 Å². The number of fused-ring (bicyclic) bond motifs is 1. The zero-order chi connectivity index (χ0) is 20.9. The van der Waals surface area contributed by atoms with Crippen molar-refractivity contribution in [1.82, 2.24) is 15.3 Å². The lowest BCUT2D eigenvalue weighted by Gasteiger charge is -2.10. The summed E-state index contributed by atoms with van der Waals surface area (Å²) >= 11 is 11.3. The van der Waals surface area contributed by atoms with Gasteiger partial charge in [-0.3, -0.25) is 4.79 Å². The molecule has 4 aromatic rings. The van der Waals surface area contributed by atoms with Crippen molar-refractivity contribution in [2.45, 2.75) is 13.1 Å². The highest BCUT2D eigenvalue weighted by atomic mass is 35.5. The number of nitrogens with zero attached hydrogens (tertiary/aromatic N) is 1.